The average molecular weight is 295 g/mol. The van der Waals surface area contributed by atoms with E-state index < -0.39 is 66.1 Å². The van der Waals surface area contributed by atoms with Crippen molar-refractivity contribution < 1.29 is 23.4 Å². The van der Waals surface area contributed by atoms with Gasteiger partial charge in [-0.2, -0.15) is 0 Å². The van der Waals surface area contributed by atoms with Crippen LogP contribution in [0.1, 0.15) is 42.0 Å². The zero-order chi connectivity index (χ0) is 23.7. The summed E-state index contributed by atoms with van der Waals surface area (Å²) in [5.74, 6) is -4.15. The first-order valence-corrected chi connectivity index (χ1v) is 5.91. The zero-order valence-corrected chi connectivity index (χ0v) is 10.5. The number of anilines is 1. The molecule has 0 saturated heterocycles. The van der Waals surface area contributed by atoms with E-state index in [-0.39, 0.29) is 15.8 Å². The first-order chi connectivity index (χ1) is 14.0. The number of rotatable bonds is 2. The number of hydrogen-bond donors (Lipinski definition) is 1. The maximum absolute atomic E-state index is 13.4. The molecule has 6 heteroatoms. The highest BCUT2D eigenvalue weighted by molar-refractivity contribution is 6.03. The molecule has 0 radical (unpaired) electrons. The third-order valence-corrected chi connectivity index (χ3v) is 3.00. The Morgan fingerprint density at radius 3 is 3.14 bits per heavy atom. The van der Waals surface area contributed by atoms with Crippen LogP contribution in [0.25, 0.3) is 10.9 Å². The maximum Gasteiger partial charge on any atom is 0.264 e. The number of ketones is 2. The van der Waals surface area contributed by atoms with Gasteiger partial charge in [0.25, 0.3) is 5.56 Å². The summed E-state index contributed by atoms with van der Waals surface area (Å²) in [5.41, 5.74) is -2.11. The van der Waals surface area contributed by atoms with Crippen LogP contribution in [0, 0.1) is 6.85 Å². The van der Waals surface area contributed by atoms with Crippen molar-refractivity contribution in [1.82, 2.24) is 9.55 Å². The highest BCUT2D eigenvalue weighted by Crippen LogP contribution is 2.24. The number of fused-ring (bicyclic) bond motifs is 1. The minimum absolute atomic E-state index is 0.0154. The number of hydrogen-bond acceptors (Lipinski definition) is 5. The van der Waals surface area contributed by atoms with Gasteiger partial charge < -0.3 is 5.72 Å². The Morgan fingerprint density at radius 2 is 2.38 bits per heavy atom. The van der Waals surface area contributed by atoms with Gasteiger partial charge in [-0.15, -0.1) is 0 Å². The molecule has 2 aromatic rings. The SMILES string of the molecule is [2H]N([2H])c1cccc2nc(C([2H])([2H])[2H])n(C3([2H])C(=O)CC(=O)C([2H])([2H])C3([2H])[2H])c(=O)c12. The summed E-state index contributed by atoms with van der Waals surface area (Å²) in [4.78, 5) is 41.9. The molecular weight excluding hydrogens is 270 g/mol. The lowest BCUT2D eigenvalue weighted by Gasteiger charge is -2.24. The molecule has 3 rings (SSSR count). The van der Waals surface area contributed by atoms with Gasteiger partial charge >= 0.3 is 0 Å². The Kier molecular flexibility index (Phi) is 1.39. The largest absolute Gasteiger partial charge is 0.398 e. The van der Waals surface area contributed by atoms with Crippen LogP contribution in [0.5, 0.6) is 0 Å². The third kappa shape index (κ3) is 2.12. The summed E-state index contributed by atoms with van der Waals surface area (Å²) >= 11 is 0. The Balaban J connectivity index is 2.58. The monoisotopic (exact) mass is 295 g/mol. The zero-order valence-electron chi connectivity index (χ0n) is 20.5. The summed E-state index contributed by atoms with van der Waals surface area (Å²) < 4.78 is 78.5. The topological polar surface area (TPSA) is 95.0 Å². The number of benzene rings is 1. The van der Waals surface area contributed by atoms with Crippen LogP contribution in [0.2, 0.25) is 2.82 Å². The fourth-order valence-corrected chi connectivity index (χ4v) is 2.07. The predicted molar refractivity (Wildman–Crippen MR) is 78.1 cm³/mol. The van der Waals surface area contributed by atoms with Crippen LogP contribution < -0.4 is 11.3 Å². The molecule has 108 valence electrons. The summed E-state index contributed by atoms with van der Waals surface area (Å²) in [6.07, 6.45) is -8.31. The summed E-state index contributed by atoms with van der Waals surface area (Å²) in [5, 5.41) is -0.548. The Hall–Kier alpha value is -2.50. The smallest absolute Gasteiger partial charge is 0.264 e. The van der Waals surface area contributed by atoms with Gasteiger partial charge in [0.2, 0.25) is 0 Å². The molecule has 0 bridgehead atoms. The van der Waals surface area contributed by atoms with Crippen LogP contribution >= 0.6 is 0 Å². The molecule has 1 saturated carbocycles. The molecule has 6 nitrogen and oxygen atoms in total. The van der Waals surface area contributed by atoms with Crippen molar-refractivity contribution in [1.29, 1.82) is 0 Å². The average Bonchev–Trinajstić information content (AvgIpc) is 2.64. The van der Waals surface area contributed by atoms with Gasteiger partial charge in [0.05, 0.1) is 24.7 Å². The Labute approximate surface area is 134 Å². The number of nitrogens with two attached hydrogens (primary N) is 1. The van der Waals surface area contributed by atoms with E-state index in [1.807, 2.05) is 0 Å². The van der Waals surface area contributed by atoms with E-state index in [1.54, 1.807) is 0 Å². The van der Waals surface area contributed by atoms with E-state index in [0.717, 1.165) is 6.07 Å². The minimum atomic E-state index is -3.66. The van der Waals surface area contributed by atoms with Crippen molar-refractivity contribution in [3.05, 3.63) is 34.4 Å². The van der Waals surface area contributed by atoms with Crippen LogP contribution in [0.4, 0.5) is 5.69 Å². The van der Waals surface area contributed by atoms with Gasteiger partial charge in [-0.1, -0.05) is 6.07 Å². The number of carbonyl (C=O) groups is 2. The normalized spacial score (nSPS) is 34.9. The fraction of sp³-hybridized carbons (Fsp3) is 0.333. The maximum atomic E-state index is 13.4. The predicted octanol–water partition coefficient (Wildman–Crippen LogP) is 1.15. The molecule has 0 amide bonds. The number of carbonyl (C=O) groups excluding carboxylic acids is 2. The molecule has 21 heavy (non-hydrogen) atoms. The highest BCUT2D eigenvalue weighted by Gasteiger charge is 2.30. The van der Waals surface area contributed by atoms with Gasteiger partial charge in [0.1, 0.15) is 11.6 Å². The lowest BCUT2D eigenvalue weighted by molar-refractivity contribution is -0.132. The number of aryl methyl sites for hydroxylation is 1. The molecule has 1 aliphatic rings. The van der Waals surface area contributed by atoms with Crippen LogP contribution in [-0.4, -0.2) is 21.1 Å². The van der Waals surface area contributed by atoms with E-state index in [4.69, 9.17) is 13.8 Å². The molecule has 1 unspecified atom stereocenters. The van der Waals surface area contributed by atoms with Gasteiger partial charge in [-0.05, 0) is 25.4 Å². The standard InChI is InChI=1S/C15H15N3O3/c1-8-17-11-4-2-3-10(16)14(11)15(21)18(8)12-6-5-9(19)7-13(12)20/h2-4,12H,5-7,16H2,1H3/i1D3,5D2,6D2,12D/hD2. The second kappa shape index (κ2) is 4.80. The molecule has 1 aromatic carbocycles. The second-order valence-electron chi connectivity index (χ2n) is 4.37. The highest BCUT2D eigenvalue weighted by atomic mass is 16.2. The van der Waals surface area contributed by atoms with Crippen LogP contribution in [-0.2, 0) is 9.59 Å². The number of aromatic nitrogens is 2. The van der Waals surface area contributed by atoms with Gasteiger partial charge in [0.15, 0.2) is 8.61 Å². The third-order valence-electron chi connectivity index (χ3n) is 3.00. The lowest BCUT2D eigenvalue weighted by atomic mass is 9.92. The van der Waals surface area contributed by atoms with Crippen molar-refractivity contribution in [2.45, 2.75) is 32.0 Å². The molecular formula is C15H15N3O3. The minimum Gasteiger partial charge on any atom is -0.398 e. The van der Waals surface area contributed by atoms with E-state index in [0.29, 0.717) is 0 Å². The molecule has 1 aromatic heterocycles. The first-order valence-electron chi connectivity index (χ1n) is 10.8. The first kappa shape index (κ1) is 6.09. The van der Waals surface area contributed by atoms with Gasteiger partial charge in [0, 0.05) is 21.7 Å². The Morgan fingerprint density at radius 1 is 1.52 bits per heavy atom. The van der Waals surface area contributed by atoms with E-state index in [1.165, 1.54) is 12.1 Å². The van der Waals surface area contributed by atoms with E-state index >= 15 is 0 Å². The van der Waals surface area contributed by atoms with Gasteiger partial charge in [-0.25, -0.2) is 4.98 Å². The van der Waals surface area contributed by atoms with Crippen LogP contribution in [0.3, 0.4) is 0 Å². The summed E-state index contributed by atoms with van der Waals surface area (Å²) in [7, 11) is 0. The molecule has 1 fully saturated rings. The molecule has 0 spiro atoms. The Bertz CT molecular complexity index is 1170. The molecule has 0 aliphatic heterocycles. The van der Waals surface area contributed by atoms with Crippen molar-refractivity contribution >= 4 is 28.2 Å². The molecule has 2 N–H and O–H groups in total. The number of nitrogen functional groups attached to an aromatic ring is 1. The molecule has 1 aliphatic carbocycles. The number of nitrogens with zero attached hydrogens (tertiary/aromatic N) is 2. The summed E-state index contributed by atoms with van der Waals surface area (Å²) in [6.45, 7) is -3.25. The van der Waals surface area contributed by atoms with Crippen molar-refractivity contribution in [3.63, 3.8) is 0 Å². The molecule has 1 atom stereocenters. The van der Waals surface area contributed by atoms with Crippen molar-refractivity contribution in [3.8, 4) is 0 Å². The van der Waals surface area contributed by atoms with Crippen LogP contribution in [0.15, 0.2) is 23.0 Å². The van der Waals surface area contributed by atoms with E-state index in [9.17, 15) is 14.4 Å². The van der Waals surface area contributed by atoms with Crippen molar-refractivity contribution in [2.24, 2.45) is 0 Å². The summed E-state index contributed by atoms with van der Waals surface area (Å²) in [6, 6.07) is 0.114. The lowest BCUT2D eigenvalue weighted by Crippen LogP contribution is -2.36. The molecule has 1 heterocycles. The van der Waals surface area contributed by atoms with E-state index in [2.05, 4.69) is 4.98 Å². The quantitative estimate of drug-likeness (QED) is 0.662. The van der Waals surface area contributed by atoms with Gasteiger partial charge in [-0.3, -0.25) is 19.0 Å². The van der Waals surface area contributed by atoms with Crippen molar-refractivity contribution in [2.75, 3.05) is 5.72 Å². The number of Topliss-reactive ketones (excluding diaryl/α,β-unsaturated/α-hetero) is 2. The second-order valence-corrected chi connectivity index (χ2v) is 4.37. The fourth-order valence-electron chi connectivity index (χ4n) is 2.07.